The fraction of sp³-hybridized carbons (Fsp3) is 0.217. The zero-order chi connectivity index (χ0) is 23.4. The van der Waals surface area contributed by atoms with Gasteiger partial charge >= 0.3 is 11.9 Å². The fourth-order valence-electron chi connectivity index (χ4n) is 2.94. The van der Waals surface area contributed by atoms with Gasteiger partial charge in [0.2, 0.25) is 0 Å². The van der Waals surface area contributed by atoms with Crippen LogP contribution in [0.2, 0.25) is 5.02 Å². The number of anilines is 1. The number of carbonyl (C=O) groups excluding carboxylic acids is 2. The molecule has 0 spiro atoms. The van der Waals surface area contributed by atoms with Crippen molar-refractivity contribution in [2.45, 2.75) is 33.3 Å². The van der Waals surface area contributed by atoms with Crippen LogP contribution in [-0.4, -0.2) is 39.0 Å². The number of aromatic carboxylic acids is 1. The molecule has 0 saturated carbocycles. The van der Waals surface area contributed by atoms with Crippen LogP contribution in [0.5, 0.6) is 0 Å². The first-order valence-corrected chi connectivity index (χ1v) is 10.3. The van der Waals surface area contributed by atoms with E-state index in [9.17, 15) is 14.4 Å². The van der Waals surface area contributed by atoms with Gasteiger partial charge in [-0.2, -0.15) is 0 Å². The smallest absolute Gasteiger partial charge is 0.338 e. The van der Waals surface area contributed by atoms with Gasteiger partial charge in [-0.05, 0) is 50.6 Å². The minimum Gasteiger partial charge on any atom is -0.478 e. The molecule has 0 radical (unpaired) electrons. The Hall–Kier alpha value is -3.65. The van der Waals surface area contributed by atoms with Crippen molar-refractivity contribution in [1.82, 2.24) is 9.97 Å². The first-order valence-electron chi connectivity index (χ1n) is 9.88. The van der Waals surface area contributed by atoms with Crippen LogP contribution in [0.1, 0.15) is 45.4 Å². The molecule has 8 nitrogen and oxygen atoms in total. The molecule has 0 aliphatic rings. The molecule has 1 heterocycles. The number of aromatic nitrogens is 2. The van der Waals surface area contributed by atoms with Crippen LogP contribution in [0.4, 0.5) is 5.69 Å². The van der Waals surface area contributed by atoms with Gasteiger partial charge in [-0.25, -0.2) is 14.6 Å². The number of imidazole rings is 1. The van der Waals surface area contributed by atoms with Crippen molar-refractivity contribution in [3.63, 3.8) is 0 Å². The topological polar surface area (TPSA) is 121 Å². The van der Waals surface area contributed by atoms with Crippen LogP contribution >= 0.6 is 11.6 Å². The van der Waals surface area contributed by atoms with Crippen molar-refractivity contribution in [2.75, 3.05) is 5.32 Å². The van der Waals surface area contributed by atoms with Gasteiger partial charge in [0, 0.05) is 11.3 Å². The maximum Gasteiger partial charge on any atom is 0.338 e. The number of nitrogens with zero attached hydrogens (tertiary/aromatic N) is 1. The van der Waals surface area contributed by atoms with Crippen molar-refractivity contribution < 1.29 is 24.2 Å². The Kier molecular flexibility index (Phi) is 6.95. The molecule has 3 rings (SSSR count). The van der Waals surface area contributed by atoms with Crippen LogP contribution in [0.3, 0.4) is 0 Å². The third-order valence-corrected chi connectivity index (χ3v) is 5.24. The quantitative estimate of drug-likeness (QED) is 0.447. The summed E-state index contributed by atoms with van der Waals surface area (Å²) in [5.74, 6) is -1.72. The van der Waals surface area contributed by atoms with Gasteiger partial charge < -0.3 is 20.1 Å². The second-order valence-corrected chi connectivity index (χ2v) is 7.57. The highest BCUT2D eigenvalue weighted by Crippen LogP contribution is 2.24. The van der Waals surface area contributed by atoms with E-state index >= 15 is 0 Å². The zero-order valence-corrected chi connectivity index (χ0v) is 18.5. The number of rotatable bonds is 7. The lowest BCUT2D eigenvalue weighted by molar-refractivity contribution is -0.124. The predicted molar refractivity (Wildman–Crippen MR) is 120 cm³/mol. The number of H-pyrrole nitrogens is 1. The van der Waals surface area contributed by atoms with E-state index in [-0.39, 0.29) is 28.3 Å². The Morgan fingerprint density at radius 1 is 1.12 bits per heavy atom. The molecule has 2 aromatic carbocycles. The van der Waals surface area contributed by atoms with E-state index in [1.54, 1.807) is 31.2 Å². The summed E-state index contributed by atoms with van der Waals surface area (Å²) in [4.78, 5) is 43.9. The minimum absolute atomic E-state index is 0.0308. The molecule has 0 bridgehead atoms. The van der Waals surface area contributed by atoms with Crippen LogP contribution in [0, 0.1) is 13.8 Å². The molecule has 9 heteroatoms. The summed E-state index contributed by atoms with van der Waals surface area (Å²) in [5.41, 5.74) is 3.06. The summed E-state index contributed by atoms with van der Waals surface area (Å²) < 4.78 is 5.37. The van der Waals surface area contributed by atoms with E-state index in [0.717, 1.165) is 17.0 Å². The summed E-state index contributed by atoms with van der Waals surface area (Å²) in [6.07, 6.45) is -0.862. The largest absolute Gasteiger partial charge is 0.478 e. The zero-order valence-electron chi connectivity index (χ0n) is 17.7. The predicted octanol–water partition coefficient (Wildman–Crippen LogP) is 4.62. The van der Waals surface area contributed by atoms with Gasteiger partial charge in [0.25, 0.3) is 5.91 Å². The highest BCUT2D eigenvalue weighted by molar-refractivity contribution is 6.34. The minimum atomic E-state index is -1.15. The standard InChI is InChI=1S/C23H22ClN3O5/c1-4-19(21(28)27-18-11-16(22(29)30)9-10-17(18)24)32-23(31)15-7-5-14(6-8-15)20-25-12(2)13(3)26-20/h5-11,19H,4H2,1-3H3,(H,25,26)(H,27,28)(H,29,30). The maximum atomic E-state index is 12.6. The molecule has 1 amide bonds. The number of benzene rings is 2. The third kappa shape index (κ3) is 5.15. The highest BCUT2D eigenvalue weighted by Gasteiger charge is 2.23. The summed E-state index contributed by atoms with van der Waals surface area (Å²) in [7, 11) is 0. The summed E-state index contributed by atoms with van der Waals surface area (Å²) in [6.45, 7) is 5.53. The van der Waals surface area contributed by atoms with Crippen LogP contribution in [0.15, 0.2) is 42.5 Å². The number of carboxylic acid groups (broad SMARTS) is 1. The molecule has 0 saturated heterocycles. The molecule has 1 aromatic heterocycles. The van der Waals surface area contributed by atoms with Gasteiger partial charge in [0.05, 0.1) is 27.5 Å². The number of aromatic amines is 1. The molecule has 0 aliphatic carbocycles. The summed E-state index contributed by atoms with van der Waals surface area (Å²) in [5, 5.41) is 11.8. The second kappa shape index (κ2) is 9.65. The van der Waals surface area contributed by atoms with E-state index in [1.165, 1.54) is 18.2 Å². The first-order chi connectivity index (χ1) is 15.2. The molecule has 3 N–H and O–H groups in total. The lowest BCUT2D eigenvalue weighted by atomic mass is 10.1. The van der Waals surface area contributed by atoms with Gasteiger partial charge in [-0.3, -0.25) is 4.79 Å². The van der Waals surface area contributed by atoms with Gasteiger partial charge in [0.1, 0.15) is 5.82 Å². The van der Waals surface area contributed by atoms with Crippen LogP contribution in [-0.2, 0) is 9.53 Å². The molecule has 0 aliphatic heterocycles. The molecule has 0 fully saturated rings. The molecule has 1 unspecified atom stereocenters. The fourth-order valence-corrected chi connectivity index (χ4v) is 3.10. The number of esters is 1. The van der Waals surface area contributed by atoms with Crippen molar-refractivity contribution in [3.05, 3.63) is 70.0 Å². The number of nitrogens with one attached hydrogen (secondary N) is 2. The Morgan fingerprint density at radius 2 is 1.78 bits per heavy atom. The van der Waals surface area contributed by atoms with Crippen LogP contribution in [0.25, 0.3) is 11.4 Å². The van der Waals surface area contributed by atoms with E-state index in [0.29, 0.717) is 5.82 Å². The lowest BCUT2D eigenvalue weighted by Gasteiger charge is -2.17. The van der Waals surface area contributed by atoms with Crippen molar-refractivity contribution >= 4 is 35.1 Å². The Labute approximate surface area is 189 Å². The molecule has 1 atom stereocenters. The number of hydrogen-bond acceptors (Lipinski definition) is 5. The molecule has 3 aromatic rings. The Bertz CT molecular complexity index is 1150. The monoisotopic (exact) mass is 455 g/mol. The van der Waals surface area contributed by atoms with Crippen molar-refractivity contribution in [2.24, 2.45) is 0 Å². The number of aryl methyl sites for hydroxylation is 2. The summed E-state index contributed by atoms with van der Waals surface area (Å²) >= 11 is 6.05. The lowest BCUT2D eigenvalue weighted by Crippen LogP contribution is -2.32. The number of carbonyl (C=O) groups is 3. The Morgan fingerprint density at radius 3 is 2.34 bits per heavy atom. The van der Waals surface area contributed by atoms with E-state index < -0.39 is 23.9 Å². The number of ether oxygens (including phenoxy) is 1. The number of carboxylic acids is 1. The van der Waals surface area contributed by atoms with Gasteiger partial charge in [-0.1, -0.05) is 30.7 Å². The molecular weight excluding hydrogens is 434 g/mol. The van der Waals surface area contributed by atoms with E-state index in [1.807, 2.05) is 13.8 Å². The summed E-state index contributed by atoms with van der Waals surface area (Å²) in [6, 6.07) is 10.6. The highest BCUT2D eigenvalue weighted by atomic mass is 35.5. The number of amides is 1. The normalized spacial score (nSPS) is 11.6. The van der Waals surface area contributed by atoms with Gasteiger partial charge in [0.15, 0.2) is 6.10 Å². The average molecular weight is 456 g/mol. The Balaban J connectivity index is 1.69. The van der Waals surface area contributed by atoms with Crippen molar-refractivity contribution in [1.29, 1.82) is 0 Å². The maximum absolute atomic E-state index is 12.6. The van der Waals surface area contributed by atoms with Crippen LogP contribution < -0.4 is 5.32 Å². The van der Waals surface area contributed by atoms with E-state index in [2.05, 4.69) is 15.3 Å². The number of hydrogen-bond donors (Lipinski definition) is 3. The third-order valence-electron chi connectivity index (χ3n) is 4.91. The molecular formula is C23H22ClN3O5. The SMILES string of the molecule is CCC(OC(=O)c1ccc(-c2nc(C)c(C)[nH]2)cc1)C(=O)Nc1cc(C(=O)O)ccc1Cl. The second-order valence-electron chi connectivity index (χ2n) is 7.16. The average Bonchev–Trinajstić information content (AvgIpc) is 3.11. The van der Waals surface area contributed by atoms with Crippen molar-refractivity contribution in [3.8, 4) is 11.4 Å². The van der Waals surface area contributed by atoms with E-state index in [4.69, 9.17) is 21.4 Å². The molecule has 32 heavy (non-hydrogen) atoms. The number of halogens is 1. The first kappa shape index (κ1) is 23.0. The molecule has 166 valence electrons. The van der Waals surface area contributed by atoms with Gasteiger partial charge in [-0.15, -0.1) is 0 Å².